The Kier molecular flexibility index (Phi) is 3.06. The molecule has 1 unspecified atom stereocenters. The van der Waals surface area contributed by atoms with Crippen molar-refractivity contribution in [1.29, 1.82) is 0 Å². The van der Waals surface area contributed by atoms with E-state index in [1.807, 2.05) is 12.1 Å². The first-order valence-electron chi connectivity index (χ1n) is 6.14. The third kappa shape index (κ3) is 2.01. The van der Waals surface area contributed by atoms with Gasteiger partial charge in [0.05, 0.1) is 10.8 Å². The molecule has 2 aromatic rings. The maximum Gasteiger partial charge on any atom is 0.0742 e. The summed E-state index contributed by atoms with van der Waals surface area (Å²) in [4.78, 5) is 4.06. The highest BCUT2D eigenvalue weighted by molar-refractivity contribution is 7.78. The highest BCUT2D eigenvalue weighted by atomic mass is 32.1. The lowest BCUT2D eigenvalue weighted by molar-refractivity contribution is 0.788. The minimum atomic E-state index is 0.501. The smallest absolute Gasteiger partial charge is 0.0742 e. The molecular formula is C16H13NS. The number of thiocarbonyl (C=S) groups is 1. The fourth-order valence-electron chi connectivity index (χ4n) is 2.77. The summed E-state index contributed by atoms with van der Waals surface area (Å²) in [7, 11) is 0. The van der Waals surface area contributed by atoms with Crippen LogP contribution in [0.5, 0.6) is 0 Å². The molecule has 0 fully saturated rings. The van der Waals surface area contributed by atoms with Crippen LogP contribution in [0.25, 0.3) is 0 Å². The third-order valence-corrected chi connectivity index (χ3v) is 3.67. The highest BCUT2D eigenvalue weighted by Gasteiger charge is 2.23. The molecule has 0 amide bonds. The van der Waals surface area contributed by atoms with Gasteiger partial charge in [-0.15, -0.1) is 0 Å². The van der Waals surface area contributed by atoms with Crippen molar-refractivity contribution in [3.8, 4) is 0 Å². The van der Waals surface area contributed by atoms with E-state index in [2.05, 4.69) is 58.8 Å². The second-order valence-corrected chi connectivity index (χ2v) is 4.77. The molecule has 1 atom stereocenters. The van der Waals surface area contributed by atoms with Crippen LogP contribution in [0.3, 0.4) is 0 Å². The molecule has 0 N–H and O–H groups in total. The van der Waals surface area contributed by atoms with Gasteiger partial charge in [0.25, 0.3) is 0 Å². The second-order valence-electron chi connectivity index (χ2n) is 4.59. The molecule has 0 radical (unpaired) electrons. The first-order chi connectivity index (χ1) is 8.88. The zero-order valence-corrected chi connectivity index (χ0v) is 10.8. The fraction of sp³-hybridized carbons (Fsp3) is 0.188. The van der Waals surface area contributed by atoms with Crippen molar-refractivity contribution in [2.75, 3.05) is 0 Å². The number of aryl methyl sites for hydroxylation is 1. The SMILES string of the molecule is S=C=Nc1cccc(C2CCc3ccccc32)c1. The van der Waals surface area contributed by atoms with Gasteiger partial charge in [0.15, 0.2) is 0 Å². The van der Waals surface area contributed by atoms with Gasteiger partial charge in [-0.25, -0.2) is 0 Å². The topological polar surface area (TPSA) is 12.4 Å². The summed E-state index contributed by atoms with van der Waals surface area (Å²) >= 11 is 4.66. The van der Waals surface area contributed by atoms with Gasteiger partial charge in [-0.1, -0.05) is 36.4 Å². The van der Waals surface area contributed by atoms with E-state index in [1.165, 1.54) is 29.5 Å². The summed E-state index contributed by atoms with van der Waals surface area (Å²) in [5.41, 5.74) is 5.16. The predicted molar refractivity (Wildman–Crippen MR) is 77.7 cm³/mol. The largest absolute Gasteiger partial charge is 0.195 e. The number of aliphatic imine (C=N–C) groups is 1. The van der Waals surface area contributed by atoms with E-state index < -0.39 is 0 Å². The van der Waals surface area contributed by atoms with E-state index in [9.17, 15) is 0 Å². The van der Waals surface area contributed by atoms with E-state index >= 15 is 0 Å². The fourth-order valence-corrected chi connectivity index (χ4v) is 2.87. The molecule has 1 nitrogen and oxygen atoms in total. The Labute approximate surface area is 112 Å². The molecule has 3 rings (SSSR count). The number of isothiocyanates is 1. The summed E-state index contributed by atoms with van der Waals surface area (Å²) in [6, 6.07) is 17.0. The van der Waals surface area contributed by atoms with Crippen molar-refractivity contribution in [3.05, 3.63) is 65.2 Å². The molecule has 18 heavy (non-hydrogen) atoms. The highest BCUT2D eigenvalue weighted by Crippen LogP contribution is 2.38. The van der Waals surface area contributed by atoms with Gasteiger partial charge in [-0.3, -0.25) is 0 Å². The van der Waals surface area contributed by atoms with Gasteiger partial charge in [0.1, 0.15) is 0 Å². The van der Waals surface area contributed by atoms with Crippen LogP contribution in [0.4, 0.5) is 5.69 Å². The van der Waals surface area contributed by atoms with Crippen LogP contribution in [-0.4, -0.2) is 5.16 Å². The van der Waals surface area contributed by atoms with Crippen LogP contribution in [-0.2, 0) is 6.42 Å². The first kappa shape index (κ1) is 11.3. The zero-order valence-electron chi connectivity index (χ0n) is 9.97. The molecule has 0 bridgehead atoms. The summed E-state index contributed by atoms with van der Waals surface area (Å²) in [6.07, 6.45) is 2.35. The van der Waals surface area contributed by atoms with Gasteiger partial charge < -0.3 is 0 Å². The monoisotopic (exact) mass is 251 g/mol. The molecule has 0 aliphatic heterocycles. The second kappa shape index (κ2) is 4.85. The molecular weight excluding hydrogens is 238 g/mol. The number of hydrogen-bond acceptors (Lipinski definition) is 2. The minimum Gasteiger partial charge on any atom is -0.195 e. The lowest BCUT2D eigenvalue weighted by Crippen LogP contribution is -1.95. The average molecular weight is 251 g/mol. The van der Waals surface area contributed by atoms with Gasteiger partial charge in [-0.2, -0.15) is 4.99 Å². The number of rotatable bonds is 2. The van der Waals surface area contributed by atoms with Crippen molar-refractivity contribution in [1.82, 2.24) is 0 Å². The van der Waals surface area contributed by atoms with Crippen molar-refractivity contribution in [2.45, 2.75) is 18.8 Å². The maximum atomic E-state index is 4.66. The normalized spacial score (nSPS) is 17.0. The van der Waals surface area contributed by atoms with Crippen LogP contribution < -0.4 is 0 Å². The summed E-state index contributed by atoms with van der Waals surface area (Å²) in [5, 5.41) is 2.43. The van der Waals surface area contributed by atoms with E-state index in [4.69, 9.17) is 0 Å². The molecule has 0 heterocycles. The van der Waals surface area contributed by atoms with E-state index in [0.717, 1.165) is 5.69 Å². The average Bonchev–Trinajstić information content (AvgIpc) is 2.83. The molecule has 0 saturated heterocycles. The first-order valence-corrected chi connectivity index (χ1v) is 6.55. The number of nitrogens with zero attached hydrogens (tertiary/aromatic N) is 1. The van der Waals surface area contributed by atoms with Crippen LogP contribution >= 0.6 is 12.2 Å². The summed E-state index contributed by atoms with van der Waals surface area (Å²) < 4.78 is 0. The Morgan fingerprint density at radius 1 is 1.11 bits per heavy atom. The Morgan fingerprint density at radius 3 is 2.89 bits per heavy atom. The Bertz CT molecular complexity index is 626. The Morgan fingerprint density at radius 2 is 2.00 bits per heavy atom. The van der Waals surface area contributed by atoms with Crippen molar-refractivity contribution >= 4 is 23.1 Å². The molecule has 2 heteroatoms. The van der Waals surface area contributed by atoms with Crippen LogP contribution in [0.15, 0.2) is 53.5 Å². The zero-order chi connectivity index (χ0) is 12.4. The molecule has 0 saturated carbocycles. The molecule has 1 aliphatic rings. The van der Waals surface area contributed by atoms with E-state index in [0.29, 0.717) is 5.92 Å². The van der Waals surface area contributed by atoms with Crippen molar-refractivity contribution in [3.63, 3.8) is 0 Å². The summed E-state index contributed by atoms with van der Waals surface area (Å²) in [6.45, 7) is 0. The third-order valence-electron chi connectivity index (χ3n) is 3.58. The van der Waals surface area contributed by atoms with Crippen LogP contribution in [0.2, 0.25) is 0 Å². The lowest BCUT2D eigenvalue weighted by Gasteiger charge is -2.12. The van der Waals surface area contributed by atoms with Gasteiger partial charge >= 0.3 is 0 Å². The molecule has 0 spiro atoms. The number of hydrogen-bond donors (Lipinski definition) is 0. The van der Waals surface area contributed by atoms with Crippen LogP contribution in [0.1, 0.15) is 29.0 Å². The van der Waals surface area contributed by atoms with Crippen LogP contribution in [0, 0.1) is 0 Å². The molecule has 2 aromatic carbocycles. The maximum absolute atomic E-state index is 4.66. The molecule has 0 aromatic heterocycles. The van der Waals surface area contributed by atoms with Crippen molar-refractivity contribution in [2.24, 2.45) is 4.99 Å². The number of fused-ring (bicyclic) bond motifs is 1. The molecule has 88 valence electrons. The van der Waals surface area contributed by atoms with Crippen molar-refractivity contribution < 1.29 is 0 Å². The van der Waals surface area contributed by atoms with Gasteiger partial charge in [0, 0.05) is 5.92 Å². The number of benzene rings is 2. The van der Waals surface area contributed by atoms with E-state index in [-0.39, 0.29) is 0 Å². The quantitative estimate of drug-likeness (QED) is 0.565. The predicted octanol–water partition coefficient (Wildman–Crippen LogP) is 4.50. The Balaban J connectivity index is 2.02. The van der Waals surface area contributed by atoms with Gasteiger partial charge in [-0.05, 0) is 53.9 Å². The van der Waals surface area contributed by atoms with Gasteiger partial charge in [0.2, 0.25) is 0 Å². The molecule has 1 aliphatic carbocycles. The lowest BCUT2D eigenvalue weighted by atomic mass is 9.93. The summed E-state index contributed by atoms with van der Waals surface area (Å²) in [5.74, 6) is 0.501. The van der Waals surface area contributed by atoms with E-state index in [1.54, 1.807) is 0 Å². The minimum absolute atomic E-state index is 0.501. The Hall–Kier alpha value is -1.76. The standard InChI is InChI=1S/C16H13NS/c18-11-17-14-6-3-5-13(10-14)16-9-8-12-4-1-2-7-15(12)16/h1-7,10,16H,8-9H2.